The van der Waals surface area contributed by atoms with Crippen molar-refractivity contribution < 1.29 is 4.74 Å². The molecule has 5 heteroatoms. The van der Waals surface area contributed by atoms with Gasteiger partial charge in [0.15, 0.2) is 17.4 Å². The van der Waals surface area contributed by atoms with Crippen LogP contribution in [0.4, 0.5) is 0 Å². The van der Waals surface area contributed by atoms with Gasteiger partial charge < -0.3 is 4.74 Å². The Labute approximate surface area is 316 Å². The van der Waals surface area contributed by atoms with Gasteiger partial charge in [-0.15, -0.1) is 0 Å². The lowest BCUT2D eigenvalue weighted by molar-refractivity contribution is 0.440. The summed E-state index contributed by atoms with van der Waals surface area (Å²) < 4.78 is 9.46. The summed E-state index contributed by atoms with van der Waals surface area (Å²) in [5.41, 5.74) is 10.3. The smallest absolute Gasteiger partial charge is 0.238 e. The van der Waals surface area contributed by atoms with Crippen LogP contribution in [-0.4, -0.2) is 19.5 Å². The normalized spacial score (nSPS) is 13.4. The van der Waals surface area contributed by atoms with Crippen LogP contribution in [0.2, 0.25) is 0 Å². The summed E-state index contributed by atoms with van der Waals surface area (Å²) in [7, 11) is 0. The molecule has 5 nitrogen and oxygen atoms in total. The standard InChI is InChI=1S/C50H30N4O/c1-3-16-32(17-4-1)47-51-48(33-18-5-2-6-19-33)53-49(52-47)54-42-30-27-31-15-7-8-20-34(31)44(42)37-28-29-41-46(45(37)54)55-43-26-14-13-25-40(43)50(41)38-23-11-9-21-35(38)36-22-10-12-24-39(36)50/h1-30H. The van der Waals surface area contributed by atoms with Gasteiger partial charge in [-0.3, -0.25) is 4.57 Å². The molecule has 0 bridgehead atoms. The van der Waals surface area contributed by atoms with Gasteiger partial charge in [-0.05, 0) is 45.2 Å². The predicted molar refractivity (Wildman–Crippen MR) is 220 cm³/mol. The molecule has 0 saturated heterocycles. The molecular weight excluding hydrogens is 673 g/mol. The Bertz CT molecular complexity index is 3080. The van der Waals surface area contributed by atoms with Crippen molar-refractivity contribution in [2.45, 2.75) is 5.41 Å². The molecule has 1 aliphatic carbocycles. The molecule has 12 rings (SSSR count). The second-order valence-electron chi connectivity index (χ2n) is 14.3. The number of ether oxygens (including phenoxy) is 1. The zero-order valence-electron chi connectivity index (χ0n) is 29.5. The summed E-state index contributed by atoms with van der Waals surface area (Å²) >= 11 is 0. The molecule has 8 aromatic carbocycles. The maximum Gasteiger partial charge on any atom is 0.238 e. The first-order valence-electron chi connectivity index (χ1n) is 18.6. The van der Waals surface area contributed by atoms with Crippen molar-refractivity contribution in [3.8, 4) is 51.3 Å². The van der Waals surface area contributed by atoms with E-state index in [0.717, 1.165) is 60.9 Å². The molecule has 0 unspecified atom stereocenters. The highest BCUT2D eigenvalue weighted by atomic mass is 16.5. The van der Waals surface area contributed by atoms with E-state index in [9.17, 15) is 0 Å². The Kier molecular flexibility index (Phi) is 6.20. The number of hydrogen-bond acceptors (Lipinski definition) is 4. The first kappa shape index (κ1) is 30.1. The lowest BCUT2D eigenvalue weighted by Crippen LogP contribution is -2.32. The largest absolute Gasteiger partial charge is 0.454 e. The number of rotatable bonds is 3. The highest BCUT2D eigenvalue weighted by molar-refractivity contribution is 6.22. The maximum atomic E-state index is 7.25. The third-order valence-electron chi connectivity index (χ3n) is 11.5. The molecule has 0 atom stereocenters. The van der Waals surface area contributed by atoms with Crippen LogP contribution in [0.25, 0.3) is 72.4 Å². The number of fused-ring (bicyclic) bond motifs is 15. The molecular formula is C50H30N4O. The van der Waals surface area contributed by atoms with E-state index in [0.29, 0.717) is 17.6 Å². The second kappa shape index (κ2) is 11.3. The fourth-order valence-electron chi connectivity index (χ4n) is 9.28. The zero-order chi connectivity index (χ0) is 36.1. The highest BCUT2D eigenvalue weighted by Crippen LogP contribution is 2.63. The lowest BCUT2D eigenvalue weighted by atomic mass is 9.66. The summed E-state index contributed by atoms with van der Waals surface area (Å²) in [5, 5.41) is 4.52. The minimum absolute atomic E-state index is 0.528. The molecule has 0 amide bonds. The molecule has 0 fully saturated rings. The first-order valence-corrected chi connectivity index (χ1v) is 18.6. The number of para-hydroxylation sites is 1. The number of nitrogens with zero attached hydrogens (tertiary/aromatic N) is 4. The molecule has 55 heavy (non-hydrogen) atoms. The van der Waals surface area contributed by atoms with E-state index in [2.05, 4.69) is 126 Å². The molecule has 0 radical (unpaired) electrons. The average Bonchev–Trinajstić information content (AvgIpc) is 3.76. The SMILES string of the molecule is c1ccc(-c2nc(-c3ccccc3)nc(-n3c4ccc5ccccc5c4c4ccc5c(c43)Oc3ccccc3C53c4ccccc4-c4ccccc43)n2)cc1. The van der Waals surface area contributed by atoms with Gasteiger partial charge >= 0.3 is 0 Å². The minimum Gasteiger partial charge on any atom is -0.454 e. The number of aromatic nitrogens is 4. The third-order valence-corrected chi connectivity index (χ3v) is 11.5. The first-order chi connectivity index (χ1) is 27.3. The van der Waals surface area contributed by atoms with Gasteiger partial charge in [-0.25, -0.2) is 4.98 Å². The van der Waals surface area contributed by atoms with E-state index in [1.165, 1.54) is 27.6 Å². The van der Waals surface area contributed by atoms with E-state index >= 15 is 0 Å². The van der Waals surface area contributed by atoms with E-state index < -0.39 is 5.41 Å². The summed E-state index contributed by atoms with van der Waals surface area (Å²) in [4.78, 5) is 15.6. The van der Waals surface area contributed by atoms with Crippen molar-refractivity contribution in [3.63, 3.8) is 0 Å². The third kappa shape index (κ3) is 4.09. The van der Waals surface area contributed by atoms with Crippen LogP contribution in [0, 0.1) is 0 Å². The molecule has 256 valence electrons. The summed E-state index contributed by atoms with van der Waals surface area (Å²) in [6.07, 6.45) is 0. The van der Waals surface area contributed by atoms with Gasteiger partial charge in [0, 0.05) is 33.0 Å². The van der Waals surface area contributed by atoms with Crippen molar-refractivity contribution in [3.05, 3.63) is 204 Å². The van der Waals surface area contributed by atoms with Crippen LogP contribution in [-0.2, 0) is 5.41 Å². The quantitative estimate of drug-likeness (QED) is 0.184. The fourth-order valence-corrected chi connectivity index (χ4v) is 9.28. The van der Waals surface area contributed by atoms with Gasteiger partial charge in [-0.2, -0.15) is 9.97 Å². The van der Waals surface area contributed by atoms with E-state index in [1.54, 1.807) is 0 Å². The molecule has 2 aliphatic rings. The van der Waals surface area contributed by atoms with Crippen molar-refractivity contribution >= 4 is 32.6 Å². The lowest BCUT2D eigenvalue weighted by Gasteiger charge is -2.39. The van der Waals surface area contributed by atoms with Gasteiger partial charge in [0.25, 0.3) is 0 Å². The average molecular weight is 703 g/mol. The predicted octanol–water partition coefficient (Wildman–Crippen LogP) is 11.9. The van der Waals surface area contributed by atoms with Crippen LogP contribution in [0.3, 0.4) is 0 Å². The van der Waals surface area contributed by atoms with Crippen molar-refractivity contribution in [1.29, 1.82) is 0 Å². The van der Waals surface area contributed by atoms with Crippen LogP contribution >= 0.6 is 0 Å². The molecule has 0 N–H and O–H groups in total. The number of hydrogen-bond donors (Lipinski definition) is 0. The van der Waals surface area contributed by atoms with Gasteiger partial charge in [0.1, 0.15) is 11.3 Å². The Balaban J connectivity index is 1.27. The topological polar surface area (TPSA) is 52.8 Å². The highest BCUT2D eigenvalue weighted by Gasteiger charge is 2.51. The number of benzene rings is 8. The monoisotopic (exact) mass is 702 g/mol. The zero-order valence-corrected chi connectivity index (χ0v) is 29.5. The fraction of sp³-hybridized carbons (Fsp3) is 0.0200. The Morgan fingerprint density at radius 3 is 1.71 bits per heavy atom. The molecule has 1 aliphatic heterocycles. The molecule has 2 aromatic heterocycles. The van der Waals surface area contributed by atoms with Gasteiger partial charge in [0.2, 0.25) is 5.95 Å². The van der Waals surface area contributed by atoms with Gasteiger partial charge in [-0.1, -0.05) is 170 Å². The maximum absolute atomic E-state index is 7.25. The Morgan fingerprint density at radius 1 is 0.436 bits per heavy atom. The van der Waals surface area contributed by atoms with E-state index in [4.69, 9.17) is 19.7 Å². The van der Waals surface area contributed by atoms with Gasteiger partial charge in [0.05, 0.1) is 10.9 Å². The summed E-state index contributed by atoms with van der Waals surface area (Å²) in [6.45, 7) is 0. The van der Waals surface area contributed by atoms with Crippen molar-refractivity contribution in [2.24, 2.45) is 0 Å². The Morgan fingerprint density at radius 2 is 1.02 bits per heavy atom. The Hall–Kier alpha value is -7.37. The second-order valence-corrected chi connectivity index (χ2v) is 14.3. The molecule has 1 spiro atoms. The van der Waals surface area contributed by atoms with Crippen LogP contribution in [0.15, 0.2) is 182 Å². The summed E-state index contributed by atoms with van der Waals surface area (Å²) in [6, 6.07) is 64.1. The molecule has 10 aromatic rings. The van der Waals surface area contributed by atoms with Crippen molar-refractivity contribution in [1.82, 2.24) is 19.5 Å². The minimum atomic E-state index is -0.613. The molecule has 3 heterocycles. The van der Waals surface area contributed by atoms with Crippen molar-refractivity contribution in [2.75, 3.05) is 0 Å². The van der Waals surface area contributed by atoms with Crippen LogP contribution in [0.5, 0.6) is 11.5 Å². The van der Waals surface area contributed by atoms with E-state index in [1.807, 2.05) is 60.7 Å². The molecule has 0 saturated carbocycles. The summed E-state index contributed by atoms with van der Waals surface area (Å²) in [5.74, 6) is 3.37. The van der Waals surface area contributed by atoms with Crippen LogP contribution in [0.1, 0.15) is 22.3 Å². The van der Waals surface area contributed by atoms with E-state index in [-0.39, 0.29) is 0 Å². The van der Waals surface area contributed by atoms with Crippen LogP contribution < -0.4 is 4.74 Å².